The molecule has 14 heavy (non-hydrogen) atoms. The molecule has 0 saturated heterocycles. The van der Waals surface area contributed by atoms with Crippen LogP contribution in [0.1, 0.15) is 6.42 Å². The van der Waals surface area contributed by atoms with Crippen LogP contribution in [0.2, 0.25) is 0 Å². The quantitative estimate of drug-likeness (QED) is 0.717. The van der Waals surface area contributed by atoms with Crippen LogP contribution in [-0.4, -0.2) is 36.3 Å². The molecule has 0 spiro atoms. The lowest BCUT2D eigenvalue weighted by molar-refractivity contribution is 0.309. The average Bonchev–Trinajstić information content (AvgIpc) is 2.10. The highest BCUT2D eigenvalue weighted by Gasteiger charge is 2.08. The number of halogens is 2. The van der Waals surface area contributed by atoms with Crippen molar-refractivity contribution in [2.45, 2.75) is 12.5 Å². The second-order valence-electron chi connectivity index (χ2n) is 2.34. The summed E-state index contributed by atoms with van der Waals surface area (Å²) in [7, 11) is 0. The summed E-state index contributed by atoms with van der Waals surface area (Å²) in [5, 5.41) is 0.481. The van der Waals surface area contributed by atoms with E-state index >= 15 is 0 Å². The SMILES string of the molecule is CSCC[C@H](N)C(=S)OCCN.Cl.Cl. The van der Waals surface area contributed by atoms with E-state index in [0.717, 1.165) is 12.2 Å². The van der Waals surface area contributed by atoms with Crippen molar-refractivity contribution in [1.29, 1.82) is 0 Å². The van der Waals surface area contributed by atoms with E-state index in [-0.39, 0.29) is 30.9 Å². The zero-order valence-corrected chi connectivity index (χ0v) is 11.4. The summed E-state index contributed by atoms with van der Waals surface area (Å²) in [4.78, 5) is 0. The molecule has 3 nitrogen and oxygen atoms in total. The Hall–Kier alpha value is 0.740. The highest BCUT2D eigenvalue weighted by atomic mass is 35.5. The molecule has 0 aliphatic rings. The second kappa shape index (κ2) is 13.7. The van der Waals surface area contributed by atoms with E-state index in [1.807, 2.05) is 6.26 Å². The van der Waals surface area contributed by atoms with E-state index in [9.17, 15) is 0 Å². The lowest BCUT2D eigenvalue weighted by atomic mass is 10.2. The van der Waals surface area contributed by atoms with Crippen LogP contribution >= 0.6 is 48.8 Å². The molecule has 0 aliphatic heterocycles. The summed E-state index contributed by atoms with van der Waals surface area (Å²) in [6.45, 7) is 0.946. The molecule has 0 unspecified atom stereocenters. The number of hydrogen-bond donors (Lipinski definition) is 2. The third-order valence-corrected chi connectivity index (χ3v) is 2.36. The molecular weight excluding hydrogens is 263 g/mol. The van der Waals surface area contributed by atoms with E-state index in [1.165, 1.54) is 0 Å². The van der Waals surface area contributed by atoms with Gasteiger partial charge in [-0.05, 0) is 30.6 Å². The van der Waals surface area contributed by atoms with Gasteiger partial charge in [-0.1, -0.05) is 0 Å². The van der Waals surface area contributed by atoms with E-state index in [1.54, 1.807) is 11.8 Å². The molecule has 0 radical (unpaired) electrons. The Labute approximate surface area is 108 Å². The number of rotatable bonds is 6. The predicted molar refractivity (Wildman–Crippen MR) is 73.1 cm³/mol. The van der Waals surface area contributed by atoms with Crippen LogP contribution in [-0.2, 0) is 4.74 Å². The Kier molecular flexibility index (Phi) is 19.8. The summed E-state index contributed by atoms with van der Waals surface area (Å²) >= 11 is 6.69. The van der Waals surface area contributed by atoms with Gasteiger partial charge < -0.3 is 16.2 Å². The summed E-state index contributed by atoms with van der Waals surface area (Å²) in [5.74, 6) is 1.01. The lowest BCUT2D eigenvalue weighted by Crippen LogP contribution is -2.32. The van der Waals surface area contributed by atoms with Crippen LogP contribution in [0, 0.1) is 0 Å². The van der Waals surface area contributed by atoms with Crippen LogP contribution in [0.25, 0.3) is 0 Å². The molecule has 0 aliphatic carbocycles. The summed E-state index contributed by atoms with van der Waals surface area (Å²) in [6.07, 6.45) is 2.90. The largest absolute Gasteiger partial charge is 0.484 e. The Morgan fingerprint density at radius 2 is 2.07 bits per heavy atom. The number of thiocarbonyl (C=S) groups is 1. The van der Waals surface area contributed by atoms with Crippen molar-refractivity contribution in [1.82, 2.24) is 0 Å². The molecular formula is C7H18Cl2N2OS2. The molecule has 0 saturated carbocycles. The highest BCUT2D eigenvalue weighted by molar-refractivity contribution is 7.98. The van der Waals surface area contributed by atoms with Gasteiger partial charge in [0, 0.05) is 6.54 Å². The molecule has 88 valence electrons. The van der Waals surface area contributed by atoms with Gasteiger partial charge in [-0.15, -0.1) is 24.8 Å². The maximum Gasteiger partial charge on any atom is 0.176 e. The topological polar surface area (TPSA) is 61.3 Å². The number of ether oxygens (including phenoxy) is 1. The maximum atomic E-state index is 5.72. The fraction of sp³-hybridized carbons (Fsp3) is 0.857. The van der Waals surface area contributed by atoms with E-state index in [0.29, 0.717) is 18.2 Å². The molecule has 4 N–H and O–H groups in total. The molecule has 0 amide bonds. The number of nitrogens with two attached hydrogens (primary N) is 2. The summed E-state index contributed by atoms with van der Waals surface area (Å²) in [6, 6.07) is -0.126. The predicted octanol–water partition coefficient (Wildman–Crippen LogP) is 1.21. The van der Waals surface area contributed by atoms with Crippen LogP contribution < -0.4 is 11.5 Å². The minimum atomic E-state index is -0.126. The second-order valence-corrected chi connectivity index (χ2v) is 3.73. The van der Waals surface area contributed by atoms with Gasteiger partial charge in [0.05, 0.1) is 6.04 Å². The molecule has 0 rings (SSSR count). The molecule has 0 bridgehead atoms. The fourth-order valence-corrected chi connectivity index (χ4v) is 1.32. The van der Waals surface area contributed by atoms with Crippen LogP contribution in [0.3, 0.4) is 0 Å². The van der Waals surface area contributed by atoms with Crippen molar-refractivity contribution >= 4 is 53.8 Å². The molecule has 0 heterocycles. The van der Waals surface area contributed by atoms with Crippen LogP contribution in [0.4, 0.5) is 0 Å². The monoisotopic (exact) mass is 280 g/mol. The van der Waals surface area contributed by atoms with Gasteiger partial charge in [-0.2, -0.15) is 11.8 Å². The normalized spacial score (nSPS) is 10.8. The third-order valence-electron chi connectivity index (χ3n) is 1.30. The zero-order chi connectivity index (χ0) is 9.40. The molecule has 0 aromatic carbocycles. The van der Waals surface area contributed by atoms with Crippen LogP contribution in [0.15, 0.2) is 0 Å². The Balaban J connectivity index is -0.000000605. The van der Waals surface area contributed by atoms with Gasteiger partial charge in [0.25, 0.3) is 0 Å². The first-order chi connectivity index (χ1) is 5.72. The average molecular weight is 281 g/mol. The minimum Gasteiger partial charge on any atom is -0.484 e. The van der Waals surface area contributed by atoms with Crippen molar-refractivity contribution in [2.75, 3.05) is 25.2 Å². The molecule has 0 fully saturated rings. The van der Waals surface area contributed by atoms with E-state index in [4.69, 9.17) is 28.4 Å². The smallest absolute Gasteiger partial charge is 0.176 e. The first-order valence-electron chi connectivity index (χ1n) is 3.83. The standard InChI is InChI=1S/C7H16N2OS2.2ClH/c1-12-5-2-6(9)7(11)10-4-3-8;;/h6H,2-5,8-9H2,1H3;2*1H/t6-;;/m0../s1. The van der Waals surface area contributed by atoms with Gasteiger partial charge in [0.15, 0.2) is 5.05 Å². The van der Waals surface area contributed by atoms with Crippen molar-refractivity contribution in [3.63, 3.8) is 0 Å². The first-order valence-corrected chi connectivity index (χ1v) is 5.63. The Morgan fingerprint density at radius 3 is 2.50 bits per heavy atom. The van der Waals surface area contributed by atoms with Gasteiger partial charge in [0.2, 0.25) is 0 Å². The van der Waals surface area contributed by atoms with Crippen molar-refractivity contribution in [2.24, 2.45) is 11.5 Å². The van der Waals surface area contributed by atoms with Gasteiger partial charge in [-0.25, -0.2) is 0 Å². The highest BCUT2D eigenvalue weighted by Crippen LogP contribution is 2.01. The lowest BCUT2D eigenvalue weighted by Gasteiger charge is -2.12. The Morgan fingerprint density at radius 1 is 1.50 bits per heavy atom. The molecule has 1 atom stereocenters. The van der Waals surface area contributed by atoms with E-state index in [2.05, 4.69) is 0 Å². The summed E-state index contributed by atoms with van der Waals surface area (Å²) in [5.41, 5.74) is 11.0. The van der Waals surface area contributed by atoms with Crippen molar-refractivity contribution in [3.8, 4) is 0 Å². The number of hydrogen-bond acceptors (Lipinski definition) is 5. The maximum absolute atomic E-state index is 5.72. The summed E-state index contributed by atoms with van der Waals surface area (Å²) < 4.78 is 5.12. The van der Waals surface area contributed by atoms with Crippen molar-refractivity contribution < 1.29 is 4.74 Å². The van der Waals surface area contributed by atoms with Crippen LogP contribution in [0.5, 0.6) is 0 Å². The first kappa shape index (κ1) is 20.2. The van der Waals surface area contributed by atoms with E-state index < -0.39 is 0 Å². The molecule has 0 aromatic rings. The fourth-order valence-electron chi connectivity index (χ4n) is 0.629. The number of thioether (sulfide) groups is 1. The minimum absolute atomic E-state index is 0. The van der Waals surface area contributed by atoms with Gasteiger partial charge in [0.1, 0.15) is 6.61 Å². The molecule has 0 aromatic heterocycles. The van der Waals surface area contributed by atoms with Gasteiger partial charge >= 0.3 is 0 Å². The van der Waals surface area contributed by atoms with Crippen molar-refractivity contribution in [3.05, 3.63) is 0 Å². The zero-order valence-electron chi connectivity index (χ0n) is 8.10. The Bertz CT molecular complexity index is 141. The third kappa shape index (κ3) is 10.8. The molecule has 7 heteroatoms. The van der Waals surface area contributed by atoms with Gasteiger partial charge in [-0.3, -0.25) is 0 Å².